The second kappa shape index (κ2) is 8.32. The summed E-state index contributed by atoms with van der Waals surface area (Å²) in [4.78, 5) is 0. The van der Waals surface area contributed by atoms with Crippen molar-refractivity contribution in [2.24, 2.45) is 23.2 Å². The van der Waals surface area contributed by atoms with Crippen molar-refractivity contribution in [1.82, 2.24) is 0 Å². The first-order valence-corrected chi connectivity index (χ1v) is 12.3. The monoisotopic (exact) mass is 398 g/mol. The van der Waals surface area contributed by atoms with Crippen molar-refractivity contribution in [3.05, 3.63) is 35.9 Å². The number of aliphatic hydroxyl groups is 1. The summed E-state index contributed by atoms with van der Waals surface area (Å²) in [6, 6.07) is 10.8. The number of hydrogen-bond acceptors (Lipinski definition) is 2. The third kappa shape index (κ3) is 4.57. The van der Waals surface area contributed by atoms with E-state index in [0.717, 1.165) is 41.9 Å². The van der Waals surface area contributed by atoms with E-state index in [1.807, 2.05) is 0 Å². The highest BCUT2D eigenvalue weighted by molar-refractivity contribution is 5.13. The molecule has 1 aromatic carbocycles. The van der Waals surface area contributed by atoms with Crippen LogP contribution in [0.15, 0.2) is 30.3 Å². The van der Waals surface area contributed by atoms with Gasteiger partial charge in [-0.3, -0.25) is 0 Å². The molecule has 29 heavy (non-hydrogen) atoms. The third-order valence-electron chi connectivity index (χ3n) is 8.73. The summed E-state index contributed by atoms with van der Waals surface area (Å²) < 4.78 is 7.11. The van der Waals surface area contributed by atoms with E-state index in [-0.39, 0.29) is 6.10 Å². The molecular formula is C26H40NO2+. The molecule has 4 saturated carbocycles. The van der Waals surface area contributed by atoms with Gasteiger partial charge >= 0.3 is 0 Å². The number of benzene rings is 1. The molecule has 0 amide bonds. The van der Waals surface area contributed by atoms with E-state index in [4.69, 9.17) is 4.74 Å². The molecule has 1 aromatic rings. The number of aliphatic hydroxyl groups excluding tert-OH is 1. The first-order valence-electron chi connectivity index (χ1n) is 12.3. The lowest BCUT2D eigenvalue weighted by molar-refractivity contribution is -0.932. The average Bonchev–Trinajstić information content (AvgIpc) is 3.13. The van der Waals surface area contributed by atoms with E-state index in [1.165, 1.54) is 76.4 Å². The van der Waals surface area contributed by atoms with Crippen LogP contribution in [0, 0.1) is 23.2 Å². The molecule has 1 unspecified atom stereocenters. The molecule has 3 heteroatoms. The van der Waals surface area contributed by atoms with Gasteiger partial charge in [0.25, 0.3) is 0 Å². The Hall–Kier alpha value is -0.900. The molecule has 5 aliphatic rings. The van der Waals surface area contributed by atoms with Gasteiger partial charge in [0.1, 0.15) is 19.2 Å². The predicted molar refractivity (Wildman–Crippen MR) is 116 cm³/mol. The van der Waals surface area contributed by atoms with Gasteiger partial charge in [-0.05, 0) is 68.1 Å². The number of hydrogen-bond donors (Lipinski definition) is 1. The Morgan fingerprint density at radius 3 is 2.21 bits per heavy atom. The highest BCUT2D eigenvalue weighted by Gasteiger charge is 2.50. The summed E-state index contributed by atoms with van der Waals surface area (Å²) in [7, 11) is 0. The van der Waals surface area contributed by atoms with Gasteiger partial charge < -0.3 is 14.3 Å². The minimum Gasteiger partial charge on any atom is -0.385 e. The molecule has 0 aromatic heterocycles. The number of rotatable bonds is 9. The van der Waals surface area contributed by atoms with Crippen LogP contribution in [0.2, 0.25) is 0 Å². The highest BCUT2D eigenvalue weighted by atomic mass is 16.5. The average molecular weight is 399 g/mol. The molecule has 6 rings (SSSR count). The molecule has 1 heterocycles. The molecule has 0 radical (unpaired) electrons. The zero-order valence-corrected chi connectivity index (χ0v) is 18.1. The second-order valence-corrected chi connectivity index (χ2v) is 11.2. The summed E-state index contributed by atoms with van der Waals surface area (Å²) in [5.41, 5.74) is 1.99. The first kappa shape index (κ1) is 20.0. The lowest BCUT2D eigenvalue weighted by atomic mass is 9.49. The molecule has 4 aliphatic carbocycles. The van der Waals surface area contributed by atoms with Gasteiger partial charge in [0.15, 0.2) is 0 Å². The van der Waals surface area contributed by atoms with Gasteiger partial charge in [0, 0.05) is 25.0 Å². The Bertz CT molecular complexity index is 631. The van der Waals surface area contributed by atoms with Crippen LogP contribution in [0.3, 0.4) is 0 Å². The van der Waals surface area contributed by atoms with Crippen LogP contribution in [0.5, 0.6) is 0 Å². The zero-order chi connectivity index (χ0) is 19.7. The molecule has 5 fully saturated rings. The predicted octanol–water partition coefficient (Wildman–Crippen LogP) is 4.78. The summed E-state index contributed by atoms with van der Waals surface area (Å²) >= 11 is 0. The number of ether oxygens (including phenoxy) is 1. The summed E-state index contributed by atoms with van der Waals surface area (Å²) in [5.74, 6) is 3.05. The van der Waals surface area contributed by atoms with Gasteiger partial charge in [0.2, 0.25) is 0 Å². The van der Waals surface area contributed by atoms with E-state index in [9.17, 15) is 5.11 Å². The SMILES string of the molecule is OC(COCCC12CC3CC(CC(C3)C1)C2)C[N+]1(Cc2ccccc2)CCCC1. The number of quaternary nitrogens is 1. The maximum absolute atomic E-state index is 10.8. The molecule has 1 saturated heterocycles. The van der Waals surface area contributed by atoms with Crippen LogP contribution in [-0.4, -0.2) is 48.5 Å². The normalized spacial score (nSPS) is 35.8. The lowest BCUT2D eigenvalue weighted by Gasteiger charge is -2.57. The summed E-state index contributed by atoms with van der Waals surface area (Å²) in [6.45, 7) is 5.64. The Morgan fingerprint density at radius 1 is 0.966 bits per heavy atom. The maximum Gasteiger partial charge on any atom is 0.126 e. The van der Waals surface area contributed by atoms with E-state index in [1.54, 1.807) is 0 Å². The van der Waals surface area contributed by atoms with Crippen molar-refractivity contribution in [3.63, 3.8) is 0 Å². The Labute approximate surface area is 177 Å². The summed E-state index contributed by atoms with van der Waals surface area (Å²) in [6.07, 6.45) is 12.4. The van der Waals surface area contributed by atoms with Crippen molar-refractivity contribution < 1.29 is 14.3 Å². The van der Waals surface area contributed by atoms with Crippen LogP contribution in [0.4, 0.5) is 0 Å². The van der Waals surface area contributed by atoms with Gasteiger partial charge in [-0.2, -0.15) is 0 Å². The first-order chi connectivity index (χ1) is 14.1. The zero-order valence-electron chi connectivity index (χ0n) is 18.1. The van der Waals surface area contributed by atoms with E-state index in [2.05, 4.69) is 30.3 Å². The summed E-state index contributed by atoms with van der Waals surface area (Å²) in [5, 5.41) is 10.8. The third-order valence-corrected chi connectivity index (χ3v) is 8.73. The van der Waals surface area contributed by atoms with E-state index >= 15 is 0 Å². The second-order valence-electron chi connectivity index (χ2n) is 11.2. The largest absolute Gasteiger partial charge is 0.385 e. The van der Waals surface area contributed by atoms with Crippen LogP contribution < -0.4 is 0 Å². The van der Waals surface area contributed by atoms with Crippen LogP contribution in [-0.2, 0) is 11.3 Å². The Kier molecular flexibility index (Phi) is 5.75. The molecule has 0 spiro atoms. The minimum absolute atomic E-state index is 0.340. The minimum atomic E-state index is -0.340. The molecule has 3 nitrogen and oxygen atoms in total. The fraction of sp³-hybridized carbons (Fsp3) is 0.769. The topological polar surface area (TPSA) is 29.5 Å². The molecule has 1 N–H and O–H groups in total. The fourth-order valence-electron chi connectivity index (χ4n) is 7.99. The Balaban J connectivity index is 1.09. The fourth-order valence-corrected chi connectivity index (χ4v) is 7.99. The Morgan fingerprint density at radius 2 is 1.59 bits per heavy atom. The van der Waals surface area contributed by atoms with E-state index < -0.39 is 0 Å². The highest BCUT2D eigenvalue weighted by Crippen LogP contribution is 2.61. The van der Waals surface area contributed by atoms with E-state index in [0.29, 0.717) is 12.0 Å². The van der Waals surface area contributed by atoms with Crippen molar-refractivity contribution in [3.8, 4) is 0 Å². The molecule has 1 atom stereocenters. The molecule has 1 aliphatic heterocycles. The molecular weight excluding hydrogens is 358 g/mol. The van der Waals surface area contributed by atoms with Gasteiger partial charge in [0.05, 0.1) is 19.7 Å². The molecule has 4 bridgehead atoms. The van der Waals surface area contributed by atoms with Crippen LogP contribution in [0.1, 0.15) is 63.4 Å². The van der Waals surface area contributed by atoms with Gasteiger partial charge in [-0.25, -0.2) is 0 Å². The maximum atomic E-state index is 10.8. The molecule has 160 valence electrons. The number of likely N-dealkylation sites (tertiary alicyclic amines) is 1. The van der Waals surface area contributed by atoms with Crippen molar-refractivity contribution in [1.29, 1.82) is 0 Å². The standard InChI is InChI=1S/C26H40NO2/c28-25(19-27(9-4-5-10-27)18-21-6-2-1-3-7-21)20-29-11-8-26-15-22-12-23(16-26)14-24(13-22)17-26/h1-3,6-7,22-25,28H,4-5,8-20H2/q+1. The van der Waals surface area contributed by atoms with Gasteiger partial charge in [-0.1, -0.05) is 30.3 Å². The smallest absolute Gasteiger partial charge is 0.126 e. The quantitative estimate of drug-likeness (QED) is 0.479. The van der Waals surface area contributed by atoms with Crippen molar-refractivity contribution in [2.45, 2.75) is 70.4 Å². The van der Waals surface area contributed by atoms with Crippen LogP contribution >= 0.6 is 0 Å². The van der Waals surface area contributed by atoms with Crippen molar-refractivity contribution in [2.75, 3.05) is 32.8 Å². The van der Waals surface area contributed by atoms with Gasteiger partial charge in [-0.15, -0.1) is 0 Å². The number of nitrogens with zero attached hydrogens (tertiary/aromatic N) is 1. The lowest BCUT2D eigenvalue weighted by Crippen LogP contribution is -2.50. The van der Waals surface area contributed by atoms with Crippen LogP contribution in [0.25, 0.3) is 0 Å². The van der Waals surface area contributed by atoms with Crippen molar-refractivity contribution >= 4 is 0 Å².